The zero-order chi connectivity index (χ0) is 18.9. The van der Waals surface area contributed by atoms with Gasteiger partial charge < -0.3 is 0 Å². The van der Waals surface area contributed by atoms with E-state index in [1.165, 1.54) is 0 Å². The van der Waals surface area contributed by atoms with Crippen molar-refractivity contribution in [3.63, 3.8) is 0 Å². The van der Waals surface area contributed by atoms with Crippen LogP contribution < -0.4 is 0 Å². The average Bonchev–Trinajstić information content (AvgIpc) is 2.10. The molecule has 0 N–H and O–H groups in total. The van der Waals surface area contributed by atoms with Crippen LogP contribution in [0.25, 0.3) is 0 Å². The Labute approximate surface area is 110 Å². The third-order valence-electron chi connectivity index (χ3n) is 2.72. The summed E-state index contributed by atoms with van der Waals surface area (Å²) in [6, 6.07) is 0. The van der Waals surface area contributed by atoms with Crippen molar-refractivity contribution in [1.29, 1.82) is 0 Å². The van der Waals surface area contributed by atoms with E-state index >= 15 is 0 Å². The Bertz CT molecular complexity index is 431. The molecule has 138 valence electrons. The van der Waals surface area contributed by atoms with Crippen LogP contribution in [0.4, 0.5) is 65.3 Å². The SMILES string of the molecule is CC(F)(F)[P-](F)(F)(F)(C(F)(F)C(F)(F)F)C(F)(F)C(F)(F)F. The van der Waals surface area contributed by atoms with E-state index < -0.39 is 43.1 Å². The third-order valence-corrected chi connectivity index (χ3v) is 7.30. The number of alkyl halides is 12. The first kappa shape index (κ1) is 21.4. The van der Waals surface area contributed by atoms with Crippen molar-refractivity contribution in [2.75, 3.05) is 0 Å². The molecule has 0 radical (unpaired) electrons. The fourth-order valence-electron chi connectivity index (χ4n) is 1.21. The van der Waals surface area contributed by atoms with Gasteiger partial charge in [-0.15, -0.1) is 0 Å². The Morgan fingerprint density at radius 1 is 0.500 bits per heavy atom. The molecule has 0 aromatic heterocycles. The van der Waals surface area contributed by atoms with Crippen LogP contribution >= 0.6 is 6.88 Å². The first-order chi connectivity index (χ1) is 8.84. The van der Waals surface area contributed by atoms with Gasteiger partial charge in [-0.05, 0) is 0 Å². The van der Waals surface area contributed by atoms with E-state index in [2.05, 4.69) is 0 Å². The summed E-state index contributed by atoms with van der Waals surface area (Å²) in [5.41, 5.74) is -25.7. The molecule has 0 unspecified atom stereocenters. The van der Waals surface area contributed by atoms with Crippen LogP contribution in [0.5, 0.6) is 0 Å². The molecule has 0 aliphatic rings. The van der Waals surface area contributed by atoms with E-state index in [1.807, 2.05) is 0 Å². The minimum atomic E-state index is -13.7. The molecule has 0 aliphatic heterocycles. The molecule has 0 saturated carbocycles. The second-order valence-electron chi connectivity index (χ2n) is 4.21. The van der Waals surface area contributed by atoms with Gasteiger partial charge in [0.25, 0.3) is 0 Å². The van der Waals surface area contributed by atoms with Crippen molar-refractivity contribution in [2.45, 2.75) is 36.3 Å². The van der Waals surface area contributed by atoms with Crippen molar-refractivity contribution in [3.8, 4) is 0 Å². The van der Waals surface area contributed by atoms with Crippen LogP contribution in [0.2, 0.25) is 0 Å². The van der Waals surface area contributed by atoms with Crippen molar-refractivity contribution in [2.24, 2.45) is 0 Å². The summed E-state index contributed by atoms with van der Waals surface area (Å²) in [5, 5.41) is 0. The van der Waals surface area contributed by atoms with E-state index in [9.17, 15) is 65.3 Å². The molecule has 0 aliphatic carbocycles. The van der Waals surface area contributed by atoms with E-state index in [1.54, 1.807) is 0 Å². The first-order valence-electron chi connectivity index (χ1n) is 4.45. The summed E-state index contributed by atoms with van der Waals surface area (Å²) in [6.45, 7) is -15.6. The first-order valence-corrected chi connectivity index (χ1v) is 6.80. The number of hydrogen-bond donors (Lipinski definition) is 0. The second-order valence-corrected chi connectivity index (χ2v) is 8.69. The summed E-state index contributed by atoms with van der Waals surface area (Å²) in [7, 11) is 0. The second kappa shape index (κ2) is 3.89. The number of hydrogen-bond acceptors (Lipinski definition) is 0. The summed E-state index contributed by atoms with van der Waals surface area (Å²) < 4.78 is 186. The molecule has 0 amide bonds. The van der Waals surface area contributed by atoms with Crippen LogP contribution in [-0.4, -0.2) is 29.3 Å². The topological polar surface area (TPSA) is 0 Å². The predicted octanol–water partition coefficient (Wildman–Crippen LogP) is 6.65. The number of rotatable bonds is 3. The maximum atomic E-state index is 13.3. The quantitative estimate of drug-likeness (QED) is 0.373. The molecular formula is C6H3F15P-. The van der Waals surface area contributed by atoms with E-state index in [0.29, 0.717) is 0 Å². The molecule has 0 aromatic carbocycles. The molecule has 0 nitrogen and oxygen atoms in total. The van der Waals surface area contributed by atoms with Crippen molar-refractivity contribution in [3.05, 3.63) is 0 Å². The Morgan fingerprint density at radius 3 is 0.773 bits per heavy atom. The Hall–Kier alpha value is -0.620. The fraction of sp³-hybridized carbons (Fsp3) is 1.00. The molecule has 0 rings (SSSR count). The normalized spacial score (nSPS) is 19.6. The van der Waals surface area contributed by atoms with Gasteiger partial charge in [0, 0.05) is 0 Å². The van der Waals surface area contributed by atoms with Gasteiger partial charge in [0.15, 0.2) is 0 Å². The van der Waals surface area contributed by atoms with Crippen molar-refractivity contribution >= 4 is 6.88 Å². The Kier molecular flexibility index (Phi) is 3.78. The summed E-state index contributed by atoms with van der Waals surface area (Å²) in [4.78, 5) is 0. The molecule has 22 heavy (non-hydrogen) atoms. The molecule has 0 atom stereocenters. The van der Waals surface area contributed by atoms with E-state index in [-0.39, 0.29) is 0 Å². The van der Waals surface area contributed by atoms with Crippen LogP contribution in [0, 0.1) is 0 Å². The van der Waals surface area contributed by atoms with Gasteiger partial charge in [-0.3, -0.25) is 0 Å². The van der Waals surface area contributed by atoms with E-state index in [0.717, 1.165) is 0 Å². The molecular weight excluding hydrogens is 388 g/mol. The zero-order valence-electron chi connectivity index (χ0n) is 9.62. The maximum absolute atomic E-state index is 13.7. The van der Waals surface area contributed by atoms with Crippen LogP contribution in [0.15, 0.2) is 0 Å². The van der Waals surface area contributed by atoms with Gasteiger partial charge in [-0.25, -0.2) is 0 Å². The minimum absolute atomic E-state index is 1.91. The molecule has 0 heterocycles. The van der Waals surface area contributed by atoms with Crippen LogP contribution in [0.3, 0.4) is 0 Å². The average molecular weight is 391 g/mol. The van der Waals surface area contributed by atoms with Gasteiger partial charge >= 0.3 is 108 Å². The molecule has 0 saturated heterocycles. The third kappa shape index (κ3) is 1.68. The summed E-state index contributed by atoms with van der Waals surface area (Å²) >= 11 is 0. The van der Waals surface area contributed by atoms with Crippen molar-refractivity contribution in [1.82, 2.24) is 0 Å². The monoisotopic (exact) mass is 391 g/mol. The molecule has 16 heteroatoms. The van der Waals surface area contributed by atoms with Gasteiger partial charge in [0.2, 0.25) is 0 Å². The molecule has 0 spiro atoms. The standard InChI is InChI=1S/C6H3F15P/c1-2(7,8)22(19,20,21,5(15,16)3(9,10)11)6(17,18)4(12,13)14/h1H3/q-1. The molecule has 0 aromatic rings. The van der Waals surface area contributed by atoms with E-state index in [4.69, 9.17) is 0 Å². The summed E-state index contributed by atoms with van der Waals surface area (Å²) in [6.07, 6.45) is -16.3. The van der Waals surface area contributed by atoms with Gasteiger partial charge in [0.05, 0.1) is 0 Å². The number of halogens is 15. The Morgan fingerprint density at radius 2 is 0.682 bits per heavy atom. The van der Waals surface area contributed by atoms with Gasteiger partial charge in [-0.2, -0.15) is 0 Å². The molecule has 0 bridgehead atoms. The van der Waals surface area contributed by atoms with Gasteiger partial charge in [0.1, 0.15) is 0 Å². The zero-order valence-corrected chi connectivity index (χ0v) is 10.5. The summed E-state index contributed by atoms with van der Waals surface area (Å²) in [5.74, 6) is 0. The van der Waals surface area contributed by atoms with Gasteiger partial charge in [-0.1, -0.05) is 0 Å². The Balaban J connectivity index is 7.43. The fourth-order valence-corrected chi connectivity index (χ4v) is 3.63. The van der Waals surface area contributed by atoms with Crippen LogP contribution in [-0.2, 0) is 0 Å². The van der Waals surface area contributed by atoms with Crippen molar-refractivity contribution < 1.29 is 65.3 Å². The van der Waals surface area contributed by atoms with Crippen LogP contribution in [0.1, 0.15) is 6.92 Å². The predicted molar refractivity (Wildman–Crippen MR) is 42.9 cm³/mol. The molecule has 0 fully saturated rings.